The second kappa shape index (κ2) is 5.66. The molecule has 1 rings (SSSR count). The molecule has 0 heterocycles. The topological polar surface area (TPSA) is 23.8 Å². The molecule has 0 saturated heterocycles. The van der Waals surface area contributed by atoms with Crippen molar-refractivity contribution in [1.82, 2.24) is 0 Å². The summed E-state index contributed by atoms with van der Waals surface area (Å²) in [7, 11) is 0. The fraction of sp³-hybridized carbons (Fsp3) is 0.364. The van der Waals surface area contributed by atoms with Gasteiger partial charge in [-0.15, -0.1) is 0 Å². The van der Waals surface area contributed by atoms with E-state index in [9.17, 15) is 0 Å². The summed E-state index contributed by atoms with van der Waals surface area (Å²) in [5.41, 5.74) is 1.30. The highest BCUT2D eigenvalue weighted by atomic mass is 32.2. The van der Waals surface area contributed by atoms with Gasteiger partial charge in [-0.05, 0) is 42.3 Å². The quantitative estimate of drug-likeness (QED) is 0.536. The smallest absolute Gasteiger partial charge is 0.138 e. The average Bonchev–Trinajstić information content (AvgIpc) is 2.16. The molecular formula is C11H12NS. The maximum Gasteiger partial charge on any atom is 0.138 e. The molecule has 1 aromatic carbocycles. The SMILES string of the molecule is CCCCc1cc[c]c(SC#N)c1. The molecule has 2 heteroatoms. The third kappa shape index (κ3) is 3.52. The van der Waals surface area contributed by atoms with Crippen LogP contribution in [0, 0.1) is 16.7 Å². The number of thiocyanates is 1. The summed E-state index contributed by atoms with van der Waals surface area (Å²) in [5, 5.41) is 10.5. The van der Waals surface area contributed by atoms with Gasteiger partial charge in [0.2, 0.25) is 0 Å². The van der Waals surface area contributed by atoms with E-state index in [0.29, 0.717) is 0 Å². The second-order valence-electron chi connectivity index (χ2n) is 2.86. The second-order valence-corrected chi connectivity index (χ2v) is 3.68. The van der Waals surface area contributed by atoms with E-state index in [1.807, 2.05) is 12.1 Å². The van der Waals surface area contributed by atoms with Gasteiger partial charge in [0.1, 0.15) is 5.40 Å². The predicted molar refractivity (Wildman–Crippen MR) is 55.4 cm³/mol. The van der Waals surface area contributed by atoms with Crippen LogP contribution >= 0.6 is 11.8 Å². The Morgan fingerprint density at radius 1 is 1.62 bits per heavy atom. The van der Waals surface area contributed by atoms with E-state index in [1.54, 1.807) is 0 Å². The Morgan fingerprint density at radius 2 is 2.46 bits per heavy atom. The van der Waals surface area contributed by atoms with E-state index in [-0.39, 0.29) is 0 Å². The van der Waals surface area contributed by atoms with Crippen molar-refractivity contribution < 1.29 is 0 Å². The number of hydrogen-bond acceptors (Lipinski definition) is 2. The molecule has 0 fully saturated rings. The van der Waals surface area contributed by atoms with E-state index in [1.165, 1.54) is 30.2 Å². The number of rotatable bonds is 4. The molecule has 0 bridgehead atoms. The van der Waals surface area contributed by atoms with Gasteiger partial charge in [-0.25, -0.2) is 0 Å². The van der Waals surface area contributed by atoms with Crippen LogP contribution in [-0.4, -0.2) is 0 Å². The van der Waals surface area contributed by atoms with Crippen molar-refractivity contribution in [2.75, 3.05) is 0 Å². The molecule has 0 atom stereocenters. The van der Waals surface area contributed by atoms with Crippen LogP contribution in [0.3, 0.4) is 0 Å². The minimum absolute atomic E-state index is 0.927. The molecule has 0 unspecified atom stereocenters. The molecule has 67 valence electrons. The molecule has 0 saturated carbocycles. The fourth-order valence-electron chi connectivity index (χ4n) is 1.13. The van der Waals surface area contributed by atoms with E-state index in [2.05, 4.69) is 24.5 Å². The van der Waals surface area contributed by atoms with Gasteiger partial charge in [-0.1, -0.05) is 25.5 Å². The lowest BCUT2D eigenvalue weighted by molar-refractivity contribution is 0.793. The Balaban J connectivity index is 2.63. The highest BCUT2D eigenvalue weighted by molar-refractivity contribution is 8.03. The molecule has 1 aromatic rings. The number of hydrogen-bond donors (Lipinski definition) is 0. The Bertz CT molecular complexity index is 301. The molecule has 0 N–H and O–H groups in total. The predicted octanol–water partition coefficient (Wildman–Crippen LogP) is 3.40. The van der Waals surface area contributed by atoms with Crippen LogP contribution in [0.5, 0.6) is 0 Å². The number of thioether (sulfide) groups is 1. The summed E-state index contributed by atoms with van der Waals surface area (Å²) < 4.78 is 0. The molecule has 0 aliphatic heterocycles. The molecule has 1 nitrogen and oxygen atoms in total. The van der Waals surface area contributed by atoms with Crippen molar-refractivity contribution in [3.8, 4) is 5.40 Å². The van der Waals surface area contributed by atoms with Crippen LogP contribution in [0.4, 0.5) is 0 Å². The molecule has 1 radical (unpaired) electrons. The monoisotopic (exact) mass is 190 g/mol. The first-order chi connectivity index (χ1) is 6.36. The molecule has 0 aliphatic carbocycles. The Labute approximate surface area is 83.8 Å². The first-order valence-electron chi connectivity index (χ1n) is 4.43. The van der Waals surface area contributed by atoms with Gasteiger partial charge in [-0.3, -0.25) is 0 Å². The van der Waals surface area contributed by atoms with Crippen molar-refractivity contribution in [3.63, 3.8) is 0 Å². The van der Waals surface area contributed by atoms with Crippen molar-refractivity contribution in [3.05, 3.63) is 29.8 Å². The van der Waals surface area contributed by atoms with Crippen LogP contribution in [0.25, 0.3) is 0 Å². The van der Waals surface area contributed by atoms with Gasteiger partial charge in [-0.2, -0.15) is 5.26 Å². The Kier molecular flexibility index (Phi) is 4.42. The summed E-state index contributed by atoms with van der Waals surface area (Å²) >= 11 is 1.17. The zero-order valence-electron chi connectivity index (χ0n) is 7.71. The van der Waals surface area contributed by atoms with Crippen molar-refractivity contribution in [2.45, 2.75) is 31.1 Å². The molecule has 0 aliphatic rings. The maximum absolute atomic E-state index is 8.48. The summed E-state index contributed by atoms with van der Waals surface area (Å²) in [5.74, 6) is 0. The summed E-state index contributed by atoms with van der Waals surface area (Å²) in [6.07, 6.45) is 3.52. The lowest BCUT2D eigenvalue weighted by Gasteiger charge is -2.00. The Hall–Kier alpha value is -0.940. The zero-order valence-corrected chi connectivity index (χ0v) is 8.53. The van der Waals surface area contributed by atoms with Crippen molar-refractivity contribution in [2.24, 2.45) is 0 Å². The first kappa shape index (κ1) is 10.1. The lowest BCUT2D eigenvalue weighted by atomic mass is 10.1. The van der Waals surface area contributed by atoms with Gasteiger partial charge in [0.05, 0.1) is 0 Å². The van der Waals surface area contributed by atoms with Gasteiger partial charge < -0.3 is 0 Å². The highest BCUT2D eigenvalue weighted by Crippen LogP contribution is 2.17. The van der Waals surface area contributed by atoms with Gasteiger partial charge in [0.25, 0.3) is 0 Å². The highest BCUT2D eigenvalue weighted by Gasteiger charge is 1.96. The van der Waals surface area contributed by atoms with Crippen molar-refractivity contribution in [1.29, 1.82) is 5.26 Å². The van der Waals surface area contributed by atoms with E-state index >= 15 is 0 Å². The molecule has 13 heavy (non-hydrogen) atoms. The minimum Gasteiger partial charge on any atom is -0.185 e. The zero-order chi connectivity index (χ0) is 9.52. The largest absolute Gasteiger partial charge is 0.185 e. The van der Waals surface area contributed by atoms with Gasteiger partial charge in [0.15, 0.2) is 0 Å². The standard InChI is InChI=1S/C11H12NS/c1-2-3-5-10-6-4-7-11(8-10)13-9-12/h4,6,8H,2-3,5H2,1H3. The lowest BCUT2D eigenvalue weighted by Crippen LogP contribution is -1.84. The third-order valence-corrected chi connectivity index (χ3v) is 2.36. The molecular weight excluding hydrogens is 178 g/mol. The first-order valence-corrected chi connectivity index (χ1v) is 5.25. The van der Waals surface area contributed by atoms with Crippen LogP contribution in [0.2, 0.25) is 0 Å². The summed E-state index contributed by atoms with van der Waals surface area (Å²) in [4.78, 5) is 0.927. The van der Waals surface area contributed by atoms with Crippen LogP contribution in [0.15, 0.2) is 23.1 Å². The molecule has 0 spiro atoms. The summed E-state index contributed by atoms with van der Waals surface area (Å²) in [6, 6.07) is 9.03. The van der Waals surface area contributed by atoms with Crippen LogP contribution < -0.4 is 0 Å². The number of benzene rings is 1. The number of nitriles is 1. The number of aryl methyl sites for hydroxylation is 1. The van der Waals surface area contributed by atoms with E-state index < -0.39 is 0 Å². The van der Waals surface area contributed by atoms with Crippen LogP contribution in [-0.2, 0) is 6.42 Å². The number of nitrogens with zero attached hydrogens (tertiary/aromatic N) is 1. The summed E-state index contributed by atoms with van der Waals surface area (Å²) in [6.45, 7) is 2.18. The number of unbranched alkanes of at least 4 members (excludes halogenated alkanes) is 1. The van der Waals surface area contributed by atoms with E-state index in [0.717, 1.165) is 11.3 Å². The maximum atomic E-state index is 8.48. The molecule has 0 aromatic heterocycles. The van der Waals surface area contributed by atoms with Gasteiger partial charge >= 0.3 is 0 Å². The fourth-order valence-corrected chi connectivity index (χ4v) is 1.57. The van der Waals surface area contributed by atoms with Gasteiger partial charge in [0, 0.05) is 4.90 Å². The average molecular weight is 190 g/mol. The molecule has 0 amide bonds. The minimum atomic E-state index is 0.927. The Morgan fingerprint density at radius 3 is 3.15 bits per heavy atom. The third-order valence-electron chi connectivity index (χ3n) is 1.81. The van der Waals surface area contributed by atoms with E-state index in [4.69, 9.17) is 5.26 Å². The van der Waals surface area contributed by atoms with Crippen LogP contribution in [0.1, 0.15) is 25.3 Å². The normalized spacial score (nSPS) is 9.54. The van der Waals surface area contributed by atoms with Crippen molar-refractivity contribution >= 4 is 11.8 Å².